The lowest BCUT2D eigenvalue weighted by Crippen LogP contribution is -2.07. The van der Waals surface area contributed by atoms with Gasteiger partial charge in [-0.25, -0.2) is 20.3 Å². The fraction of sp³-hybridized carbons (Fsp3) is 0.143. The summed E-state index contributed by atoms with van der Waals surface area (Å²) < 4.78 is 0. The van der Waals surface area contributed by atoms with E-state index in [0.717, 1.165) is 0 Å². The van der Waals surface area contributed by atoms with Crippen molar-refractivity contribution in [3.8, 4) is 0 Å². The van der Waals surface area contributed by atoms with Crippen LogP contribution in [-0.4, -0.2) is 22.2 Å². The molecule has 6 nitrogen and oxygen atoms in total. The molecule has 1 amide bonds. The minimum absolute atomic E-state index is 0.192. The van der Waals surface area contributed by atoms with Crippen LogP contribution in [0, 0.1) is 0 Å². The van der Waals surface area contributed by atoms with Gasteiger partial charge in [0.15, 0.2) is 17.3 Å². The molecular formula is C7H6N5O. The number of hydrogen-bond acceptors (Lipinski definition) is 4. The molecule has 1 radical (unpaired) electrons. The molecule has 6 heteroatoms. The van der Waals surface area contributed by atoms with Crippen LogP contribution < -0.4 is 10.6 Å². The Hall–Kier alpha value is -1.98. The van der Waals surface area contributed by atoms with Gasteiger partial charge in [-0.2, -0.15) is 0 Å². The normalized spacial score (nSPS) is 12.1. The minimum atomic E-state index is -0.192. The van der Waals surface area contributed by atoms with E-state index in [0.29, 0.717) is 17.3 Å². The number of rotatable bonds is 1. The van der Waals surface area contributed by atoms with E-state index in [1.54, 1.807) is 0 Å². The zero-order valence-electron chi connectivity index (χ0n) is 6.85. The number of carbonyl (C=O) groups excluding carboxylic acids is 1. The predicted octanol–water partition coefficient (Wildman–Crippen LogP) is 0.344. The SMILES string of the molecule is CC(=O)Nc1ncnc2c1N=C[N]2. The Morgan fingerprint density at radius 3 is 3.08 bits per heavy atom. The van der Waals surface area contributed by atoms with Gasteiger partial charge in [-0.15, -0.1) is 0 Å². The van der Waals surface area contributed by atoms with Crippen molar-refractivity contribution in [2.75, 3.05) is 5.32 Å². The number of fused-ring (bicyclic) bond motifs is 1. The van der Waals surface area contributed by atoms with E-state index in [4.69, 9.17) is 0 Å². The second kappa shape index (κ2) is 2.81. The van der Waals surface area contributed by atoms with E-state index < -0.39 is 0 Å². The van der Waals surface area contributed by atoms with Crippen LogP contribution in [0.1, 0.15) is 6.92 Å². The first-order valence-electron chi connectivity index (χ1n) is 3.63. The molecule has 0 aromatic carbocycles. The molecule has 13 heavy (non-hydrogen) atoms. The van der Waals surface area contributed by atoms with E-state index in [2.05, 4.69) is 25.6 Å². The summed E-state index contributed by atoms with van der Waals surface area (Å²) in [5, 5.41) is 6.41. The van der Waals surface area contributed by atoms with E-state index in [-0.39, 0.29) is 5.91 Å². The first kappa shape index (κ1) is 7.66. The quantitative estimate of drug-likeness (QED) is 0.670. The van der Waals surface area contributed by atoms with Gasteiger partial charge in [0.2, 0.25) is 5.91 Å². The number of carbonyl (C=O) groups is 1. The van der Waals surface area contributed by atoms with Crippen molar-refractivity contribution in [3.05, 3.63) is 6.33 Å². The topological polar surface area (TPSA) is 81.3 Å². The van der Waals surface area contributed by atoms with Crippen molar-refractivity contribution in [2.24, 2.45) is 4.99 Å². The van der Waals surface area contributed by atoms with Gasteiger partial charge in [0.25, 0.3) is 0 Å². The summed E-state index contributed by atoms with van der Waals surface area (Å²) in [6.07, 6.45) is 2.72. The second-order valence-corrected chi connectivity index (χ2v) is 2.45. The number of anilines is 1. The van der Waals surface area contributed by atoms with Crippen molar-refractivity contribution in [1.82, 2.24) is 15.3 Å². The molecular weight excluding hydrogens is 170 g/mol. The van der Waals surface area contributed by atoms with Crippen LogP contribution in [-0.2, 0) is 4.79 Å². The van der Waals surface area contributed by atoms with Gasteiger partial charge in [0.05, 0.1) is 0 Å². The van der Waals surface area contributed by atoms with Crippen molar-refractivity contribution >= 4 is 29.6 Å². The van der Waals surface area contributed by atoms with Gasteiger partial charge >= 0.3 is 0 Å². The molecule has 0 spiro atoms. The van der Waals surface area contributed by atoms with Crippen LogP contribution in [0.3, 0.4) is 0 Å². The summed E-state index contributed by atoms with van der Waals surface area (Å²) in [6.45, 7) is 1.41. The number of hydrogen-bond donors (Lipinski definition) is 1. The highest BCUT2D eigenvalue weighted by molar-refractivity contribution is 5.94. The molecule has 1 aliphatic heterocycles. The number of aliphatic imine (C=N–C) groups is 1. The third-order valence-corrected chi connectivity index (χ3v) is 1.46. The summed E-state index contributed by atoms with van der Waals surface area (Å²) in [6, 6.07) is 0. The Bertz CT molecular complexity index is 386. The summed E-state index contributed by atoms with van der Waals surface area (Å²) in [5.74, 6) is 0.691. The lowest BCUT2D eigenvalue weighted by molar-refractivity contribution is -0.114. The monoisotopic (exact) mass is 176 g/mol. The van der Waals surface area contributed by atoms with Gasteiger partial charge in [-0.05, 0) is 0 Å². The molecule has 2 rings (SSSR count). The van der Waals surface area contributed by atoms with Crippen LogP contribution >= 0.6 is 0 Å². The Balaban J connectivity index is 2.41. The third-order valence-electron chi connectivity index (χ3n) is 1.46. The van der Waals surface area contributed by atoms with Gasteiger partial charge in [0.1, 0.15) is 12.7 Å². The molecule has 1 aromatic heterocycles. The number of nitrogens with one attached hydrogen (secondary N) is 1. The van der Waals surface area contributed by atoms with Crippen molar-refractivity contribution in [1.29, 1.82) is 0 Å². The Morgan fingerprint density at radius 1 is 1.46 bits per heavy atom. The molecule has 0 saturated heterocycles. The fourth-order valence-electron chi connectivity index (χ4n) is 0.982. The number of amides is 1. The summed E-state index contributed by atoms with van der Waals surface area (Å²) in [5.41, 5.74) is 0.512. The molecule has 0 saturated carbocycles. The summed E-state index contributed by atoms with van der Waals surface area (Å²) in [4.78, 5) is 22.4. The Labute approximate surface area is 74.1 Å². The molecule has 1 aliphatic rings. The van der Waals surface area contributed by atoms with E-state index in [1.807, 2.05) is 0 Å². The van der Waals surface area contributed by atoms with Crippen molar-refractivity contribution in [3.63, 3.8) is 0 Å². The third kappa shape index (κ3) is 1.33. The molecule has 0 fully saturated rings. The molecule has 2 heterocycles. The lowest BCUT2D eigenvalue weighted by atomic mass is 10.4. The average molecular weight is 176 g/mol. The molecule has 0 atom stereocenters. The summed E-state index contributed by atoms with van der Waals surface area (Å²) >= 11 is 0. The van der Waals surface area contributed by atoms with Crippen LogP contribution in [0.2, 0.25) is 0 Å². The maximum absolute atomic E-state index is 10.8. The maximum Gasteiger partial charge on any atom is 0.222 e. The Kier molecular flexibility index (Phi) is 1.66. The highest BCUT2D eigenvalue weighted by Crippen LogP contribution is 2.31. The van der Waals surface area contributed by atoms with E-state index in [1.165, 1.54) is 19.6 Å². The van der Waals surface area contributed by atoms with Crippen LogP contribution in [0.25, 0.3) is 0 Å². The zero-order chi connectivity index (χ0) is 9.26. The molecule has 1 aromatic rings. The zero-order valence-corrected chi connectivity index (χ0v) is 6.85. The Morgan fingerprint density at radius 2 is 2.31 bits per heavy atom. The first-order valence-corrected chi connectivity index (χ1v) is 3.63. The minimum Gasteiger partial charge on any atom is -0.309 e. The van der Waals surface area contributed by atoms with Gasteiger partial charge in [0, 0.05) is 6.92 Å². The lowest BCUT2D eigenvalue weighted by Gasteiger charge is -2.02. The van der Waals surface area contributed by atoms with Gasteiger partial charge in [-0.1, -0.05) is 0 Å². The van der Waals surface area contributed by atoms with Crippen molar-refractivity contribution in [2.45, 2.75) is 6.92 Å². The van der Waals surface area contributed by atoms with Gasteiger partial charge in [-0.3, -0.25) is 4.79 Å². The number of nitrogens with zero attached hydrogens (tertiary/aromatic N) is 4. The number of aromatic nitrogens is 2. The fourth-order valence-corrected chi connectivity index (χ4v) is 0.982. The van der Waals surface area contributed by atoms with E-state index in [9.17, 15) is 4.79 Å². The highest BCUT2D eigenvalue weighted by atomic mass is 16.1. The largest absolute Gasteiger partial charge is 0.309 e. The van der Waals surface area contributed by atoms with E-state index >= 15 is 0 Å². The molecule has 65 valence electrons. The van der Waals surface area contributed by atoms with Gasteiger partial charge < -0.3 is 5.32 Å². The molecule has 0 unspecified atom stereocenters. The van der Waals surface area contributed by atoms with Crippen LogP contribution in [0.15, 0.2) is 11.3 Å². The predicted molar refractivity (Wildman–Crippen MR) is 46.3 cm³/mol. The van der Waals surface area contributed by atoms with Crippen LogP contribution in [0.5, 0.6) is 0 Å². The highest BCUT2D eigenvalue weighted by Gasteiger charge is 2.15. The first-order chi connectivity index (χ1) is 6.27. The standard InChI is InChI=1S/C7H6N5O/c1-4(13)12-7-5-6(9-2-8-5)10-3-11-7/h2-3H,1H3,(H,10,11,12,13). The average Bonchev–Trinajstić information content (AvgIpc) is 2.51. The summed E-state index contributed by atoms with van der Waals surface area (Å²) in [7, 11) is 0. The second-order valence-electron chi connectivity index (χ2n) is 2.45. The molecule has 0 aliphatic carbocycles. The molecule has 1 N–H and O–H groups in total. The maximum atomic E-state index is 10.8. The van der Waals surface area contributed by atoms with Crippen molar-refractivity contribution < 1.29 is 4.79 Å². The van der Waals surface area contributed by atoms with Crippen LogP contribution in [0.4, 0.5) is 17.3 Å². The molecule has 0 bridgehead atoms. The smallest absolute Gasteiger partial charge is 0.222 e.